The molecule has 0 aromatic rings. The Labute approximate surface area is 67.5 Å². The highest BCUT2D eigenvalue weighted by atomic mass is 35.5. The molecule has 0 unspecified atom stereocenters. The van der Waals surface area contributed by atoms with Crippen LogP contribution in [-0.2, 0) is 0 Å². The van der Waals surface area contributed by atoms with Gasteiger partial charge in [0.1, 0.15) is 0 Å². The summed E-state index contributed by atoms with van der Waals surface area (Å²) in [6, 6.07) is 0. The van der Waals surface area contributed by atoms with Crippen molar-refractivity contribution in [3.05, 3.63) is 0 Å². The van der Waals surface area contributed by atoms with Crippen molar-refractivity contribution in [3.63, 3.8) is 0 Å². The van der Waals surface area contributed by atoms with Crippen molar-refractivity contribution in [1.82, 2.24) is 0 Å². The smallest absolute Gasteiger partial charge is 0.0524 e. The fourth-order valence-corrected chi connectivity index (χ4v) is 1.40. The van der Waals surface area contributed by atoms with E-state index in [-0.39, 0.29) is 0 Å². The second kappa shape index (κ2) is 4.73. The number of hydrogen-bond acceptors (Lipinski definition) is 1. The van der Waals surface area contributed by atoms with E-state index in [4.69, 9.17) is 11.6 Å². The zero-order valence-electron chi connectivity index (χ0n) is 6.27. The van der Waals surface area contributed by atoms with Gasteiger partial charge in [0, 0.05) is 11.6 Å². The molecule has 0 bridgehead atoms. The van der Waals surface area contributed by atoms with E-state index in [1.165, 1.54) is 37.8 Å². The lowest BCUT2D eigenvalue weighted by atomic mass is 9.99. The van der Waals surface area contributed by atoms with Crippen LogP contribution in [0.2, 0.25) is 0 Å². The van der Waals surface area contributed by atoms with Crippen molar-refractivity contribution in [1.29, 1.82) is 0 Å². The Kier molecular flexibility index (Phi) is 3.81. The third-order valence-corrected chi connectivity index (χ3v) is 2.02. The summed E-state index contributed by atoms with van der Waals surface area (Å²) in [7, 11) is 0. The lowest BCUT2D eigenvalue weighted by Gasteiger charge is -2.11. The van der Waals surface area contributed by atoms with Gasteiger partial charge in [-0.2, -0.15) is 0 Å². The van der Waals surface area contributed by atoms with E-state index in [0.717, 1.165) is 6.54 Å². The van der Waals surface area contributed by atoms with E-state index in [1.54, 1.807) is 0 Å². The van der Waals surface area contributed by atoms with Gasteiger partial charge in [0.25, 0.3) is 0 Å². The van der Waals surface area contributed by atoms with Gasteiger partial charge in [0.2, 0.25) is 0 Å². The molecule has 0 amide bonds. The molecular weight excluding hydrogens is 146 g/mol. The first-order valence-electron chi connectivity index (χ1n) is 4.01. The molecule has 0 aromatic carbocycles. The van der Waals surface area contributed by atoms with Crippen molar-refractivity contribution in [2.24, 2.45) is 4.99 Å². The second-order valence-electron chi connectivity index (χ2n) is 2.70. The summed E-state index contributed by atoms with van der Waals surface area (Å²) in [6.45, 7) is 0.816. The van der Waals surface area contributed by atoms with Gasteiger partial charge in [-0.1, -0.05) is 6.42 Å². The van der Waals surface area contributed by atoms with Crippen LogP contribution in [0.4, 0.5) is 0 Å². The Morgan fingerprint density at radius 3 is 2.50 bits per heavy atom. The zero-order valence-corrected chi connectivity index (χ0v) is 7.03. The molecule has 0 aromatic heterocycles. The monoisotopic (exact) mass is 159 g/mol. The summed E-state index contributed by atoms with van der Waals surface area (Å²) in [5.74, 6) is 0.670. The largest absolute Gasteiger partial charge is 0.293 e. The molecule has 0 saturated heterocycles. The molecule has 0 atom stereocenters. The SMILES string of the molecule is ClCCN=C1CCCCC1. The minimum atomic E-state index is 0.670. The van der Waals surface area contributed by atoms with Crippen LogP contribution in [0.15, 0.2) is 4.99 Å². The number of aliphatic imine (C=N–C) groups is 1. The topological polar surface area (TPSA) is 12.4 Å². The highest BCUT2D eigenvalue weighted by Gasteiger charge is 2.04. The summed E-state index contributed by atoms with van der Waals surface area (Å²) in [6.07, 6.45) is 6.50. The van der Waals surface area contributed by atoms with Gasteiger partial charge in [-0.05, 0) is 25.7 Å². The highest BCUT2D eigenvalue weighted by molar-refractivity contribution is 6.18. The van der Waals surface area contributed by atoms with Crippen LogP contribution in [0.3, 0.4) is 0 Å². The molecule has 1 saturated carbocycles. The van der Waals surface area contributed by atoms with Crippen molar-refractivity contribution in [2.45, 2.75) is 32.1 Å². The number of alkyl halides is 1. The van der Waals surface area contributed by atoms with Gasteiger partial charge in [-0.3, -0.25) is 4.99 Å². The van der Waals surface area contributed by atoms with E-state index >= 15 is 0 Å². The summed E-state index contributed by atoms with van der Waals surface area (Å²) in [5.41, 5.74) is 1.40. The first-order valence-corrected chi connectivity index (χ1v) is 4.55. The van der Waals surface area contributed by atoms with Crippen molar-refractivity contribution in [2.75, 3.05) is 12.4 Å². The van der Waals surface area contributed by atoms with Gasteiger partial charge in [-0.15, -0.1) is 11.6 Å². The van der Waals surface area contributed by atoms with Crippen LogP contribution in [0, 0.1) is 0 Å². The van der Waals surface area contributed by atoms with E-state index in [2.05, 4.69) is 4.99 Å². The first-order chi connectivity index (χ1) is 4.93. The van der Waals surface area contributed by atoms with Crippen LogP contribution < -0.4 is 0 Å². The Morgan fingerprint density at radius 2 is 1.90 bits per heavy atom. The molecular formula is C8H14ClN. The van der Waals surface area contributed by atoms with Gasteiger partial charge in [0.05, 0.1) is 6.54 Å². The minimum absolute atomic E-state index is 0.670. The van der Waals surface area contributed by atoms with E-state index in [9.17, 15) is 0 Å². The normalized spacial score (nSPS) is 19.1. The third kappa shape index (κ3) is 2.70. The molecule has 1 fully saturated rings. The lowest BCUT2D eigenvalue weighted by Crippen LogP contribution is -2.05. The van der Waals surface area contributed by atoms with Crippen molar-refractivity contribution in [3.8, 4) is 0 Å². The van der Waals surface area contributed by atoms with Gasteiger partial charge >= 0.3 is 0 Å². The molecule has 0 heterocycles. The van der Waals surface area contributed by atoms with Gasteiger partial charge in [-0.25, -0.2) is 0 Å². The van der Waals surface area contributed by atoms with Crippen molar-refractivity contribution >= 4 is 17.3 Å². The molecule has 2 heteroatoms. The number of halogens is 1. The maximum absolute atomic E-state index is 5.51. The Balaban J connectivity index is 2.23. The first kappa shape index (κ1) is 8.06. The molecule has 10 heavy (non-hydrogen) atoms. The molecule has 1 nitrogen and oxygen atoms in total. The Morgan fingerprint density at radius 1 is 1.20 bits per heavy atom. The van der Waals surface area contributed by atoms with Crippen molar-refractivity contribution < 1.29 is 0 Å². The Bertz CT molecular complexity index is 112. The standard InChI is InChI=1S/C8H14ClN/c9-6-7-10-8-4-2-1-3-5-8/h1-7H2. The van der Waals surface area contributed by atoms with E-state index in [1.807, 2.05) is 0 Å². The second-order valence-corrected chi connectivity index (χ2v) is 3.08. The van der Waals surface area contributed by atoms with Gasteiger partial charge < -0.3 is 0 Å². The third-order valence-electron chi connectivity index (χ3n) is 1.85. The van der Waals surface area contributed by atoms with Crippen LogP contribution in [-0.4, -0.2) is 18.1 Å². The minimum Gasteiger partial charge on any atom is -0.293 e. The quantitative estimate of drug-likeness (QED) is 0.550. The zero-order chi connectivity index (χ0) is 7.23. The number of rotatable bonds is 2. The summed E-state index contributed by atoms with van der Waals surface area (Å²) >= 11 is 5.51. The average molecular weight is 160 g/mol. The molecule has 58 valence electrons. The summed E-state index contributed by atoms with van der Waals surface area (Å²) < 4.78 is 0. The van der Waals surface area contributed by atoms with E-state index in [0.29, 0.717) is 5.88 Å². The predicted molar refractivity (Wildman–Crippen MR) is 46.1 cm³/mol. The van der Waals surface area contributed by atoms with Crippen LogP contribution in [0.1, 0.15) is 32.1 Å². The van der Waals surface area contributed by atoms with Crippen LogP contribution >= 0.6 is 11.6 Å². The predicted octanol–water partition coefficient (Wildman–Crippen LogP) is 2.63. The molecule has 1 rings (SSSR count). The average Bonchev–Trinajstić information content (AvgIpc) is 2.03. The molecule has 0 N–H and O–H groups in total. The van der Waals surface area contributed by atoms with Gasteiger partial charge in [0.15, 0.2) is 0 Å². The maximum Gasteiger partial charge on any atom is 0.0524 e. The number of hydrogen-bond donors (Lipinski definition) is 0. The summed E-state index contributed by atoms with van der Waals surface area (Å²) in [4.78, 5) is 4.39. The summed E-state index contributed by atoms with van der Waals surface area (Å²) in [5, 5.41) is 0. The van der Waals surface area contributed by atoms with E-state index < -0.39 is 0 Å². The maximum atomic E-state index is 5.51. The van der Waals surface area contributed by atoms with Crippen LogP contribution in [0.25, 0.3) is 0 Å². The molecule has 0 aliphatic heterocycles. The highest BCUT2D eigenvalue weighted by Crippen LogP contribution is 2.14. The molecule has 0 radical (unpaired) electrons. The Hall–Kier alpha value is -0.0400. The molecule has 0 spiro atoms. The fraction of sp³-hybridized carbons (Fsp3) is 0.875. The molecule has 1 aliphatic carbocycles. The molecule has 1 aliphatic rings. The lowest BCUT2D eigenvalue weighted by molar-refractivity contribution is 0.664. The fourth-order valence-electron chi connectivity index (χ4n) is 1.32. The number of nitrogens with zero attached hydrogens (tertiary/aromatic N) is 1. The van der Waals surface area contributed by atoms with Crippen LogP contribution in [0.5, 0.6) is 0 Å².